The molecule has 1 aliphatic heterocycles. The second-order valence-electron chi connectivity index (χ2n) is 4.06. The predicted molar refractivity (Wildman–Crippen MR) is 68.4 cm³/mol. The van der Waals surface area contributed by atoms with Gasteiger partial charge < -0.3 is 10.6 Å². The smallest absolute Gasteiger partial charge is 0.225 e. The van der Waals surface area contributed by atoms with E-state index in [1.807, 2.05) is 24.3 Å². The monoisotopic (exact) mass is 282 g/mol. The van der Waals surface area contributed by atoms with E-state index in [0.29, 0.717) is 12.5 Å². The third-order valence-electron chi connectivity index (χ3n) is 2.70. The first-order chi connectivity index (χ1) is 7.74. The molecule has 1 saturated heterocycles. The molecule has 0 aliphatic carbocycles. The van der Waals surface area contributed by atoms with Crippen LogP contribution in [-0.4, -0.2) is 18.5 Å². The summed E-state index contributed by atoms with van der Waals surface area (Å²) in [6, 6.07) is 8.00. The summed E-state index contributed by atoms with van der Waals surface area (Å²) >= 11 is 3.38. The number of halogens is 1. The summed E-state index contributed by atoms with van der Waals surface area (Å²) in [5.41, 5.74) is 0.845. The van der Waals surface area contributed by atoms with Gasteiger partial charge in [-0.25, -0.2) is 0 Å². The number of carbonyl (C=O) groups excluding carboxylic acids is 1. The number of rotatable bonds is 3. The van der Waals surface area contributed by atoms with E-state index >= 15 is 0 Å². The first-order valence-corrected chi connectivity index (χ1v) is 6.32. The number of hydrogen-bond acceptors (Lipinski definition) is 2. The second kappa shape index (κ2) is 5.46. The van der Waals surface area contributed by atoms with Gasteiger partial charge >= 0.3 is 0 Å². The lowest BCUT2D eigenvalue weighted by Gasteiger charge is -2.10. The zero-order valence-electron chi connectivity index (χ0n) is 9.00. The van der Waals surface area contributed by atoms with Crippen molar-refractivity contribution < 1.29 is 4.79 Å². The Bertz CT molecular complexity index is 375. The molecule has 1 aromatic rings. The van der Waals surface area contributed by atoms with Crippen molar-refractivity contribution in [1.29, 1.82) is 0 Å². The van der Waals surface area contributed by atoms with Crippen molar-refractivity contribution in [3.8, 4) is 0 Å². The molecule has 1 unspecified atom stereocenters. The number of anilines is 1. The van der Waals surface area contributed by atoms with Crippen molar-refractivity contribution in [2.75, 3.05) is 11.9 Å². The molecule has 0 spiro atoms. The van der Waals surface area contributed by atoms with E-state index in [-0.39, 0.29) is 5.91 Å². The second-order valence-corrected chi connectivity index (χ2v) is 4.97. The fourth-order valence-corrected chi connectivity index (χ4v) is 2.33. The van der Waals surface area contributed by atoms with Gasteiger partial charge in [-0.05, 0) is 37.6 Å². The van der Waals surface area contributed by atoms with Crippen molar-refractivity contribution in [2.24, 2.45) is 0 Å². The van der Waals surface area contributed by atoms with E-state index in [0.717, 1.165) is 23.1 Å². The Balaban J connectivity index is 1.86. The quantitative estimate of drug-likeness (QED) is 0.895. The topological polar surface area (TPSA) is 41.1 Å². The fourth-order valence-electron chi connectivity index (χ4n) is 1.93. The van der Waals surface area contributed by atoms with E-state index in [2.05, 4.69) is 26.6 Å². The van der Waals surface area contributed by atoms with Crippen LogP contribution in [0.25, 0.3) is 0 Å². The maximum atomic E-state index is 11.7. The van der Waals surface area contributed by atoms with Crippen molar-refractivity contribution in [1.82, 2.24) is 5.32 Å². The molecule has 0 bridgehead atoms. The van der Waals surface area contributed by atoms with Gasteiger partial charge in [0.25, 0.3) is 0 Å². The Morgan fingerprint density at radius 1 is 1.56 bits per heavy atom. The van der Waals surface area contributed by atoms with Crippen LogP contribution >= 0.6 is 15.9 Å². The molecule has 0 radical (unpaired) electrons. The molecule has 1 amide bonds. The van der Waals surface area contributed by atoms with Crippen LogP contribution in [-0.2, 0) is 4.79 Å². The minimum atomic E-state index is 0.0810. The summed E-state index contributed by atoms with van der Waals surface area (Å²) in [5.74, 6) is 0.0810. The van der Waals surface area contributed by atoms with Crippen LogP contribution in [0, 0.1) is 0 Å². The summed E-state index contributed by atoms with van der Waals surface area (Å²) in [6.45, 7) is 1.04. The van der Waals surface area contributed by atoms with E-state index < -0.39 is 0 Å². The molecule has 1 atom stereocenters. The number of nitrogens with one attached hydrogen (secondary N) is 2. The minimum Gasteiger partial charge on any atom is -0.326 e. The maximum absolute atomic E-state index is 11.7. The third kappa shape index (κ3) is 3.32. The van der Waals surface area contributed by atoms with Crippen molar-refractivity contribution in [3.63, 3.8) is 0 Å². The lowest BCUT2D eigenvalue weighted by molar-refractivity contribution is -0.116. The average molecular weight is 283 g/mol. The minimum absolute atomic E-state index is 0.0810. The molecule has 1 heterocycles. The SMILES string of the molecule is O=C(CC1CCCN1)Nc1cccc(Br)c1. The first kappa shape index (κ1) is 11.6. The molecular formula is C12H15BrN2O. The number of benzene rings is 1. The summed E-state index contributed by atoms with van der Waals surface area (Å²) in [5, 5.41) is 6.22. The Morgan fingerprint density at radius 3 is 3.12 bits per heavy atom. The van der Waals surface area contributed by atoms with Gasteiger partial charge in [-0.15, -0.1) is 0 Å². The summed E-state index contributed by atoms with van der Waals surface area (Å²) in [6.07, 6.45) is 2.84. The van der Waals surface area contributed by atoms with Crippen LogP contribution in [0.2, 0.25) is 0 Å². The highest BCUT2D eigenvalue weighted by atomic mass is 79.9. The Kier molecular flexibility index (Phi) is 3.96. The van der Waals surface area contributed by atoms with Crippen LogP contribution in [0.5, 0.6) is 0 Å². The van der Waals surface area contributed by atoms with Crippen LogP contribution < -0.4 is 10.6 Å². The molecule has 4 heteroatoms. The molecule has 2 rings (SSSR count). The van der Waals surface area contributed by atoms with E-state index in [1.165, 1.54) is 6.42 Å². The van der Waals surface area contributed by atoms with Crippen molar-refractivity contribution >= 4 is 27.5 Å². The van der Waals surface area contributed by atoms with Gasteiger partial charge in [0.15, 0.2) is 0 Å². The van der Waals surface area contributed by atoms with Crippen LogP contribution in [0.15, 0.2) is 28.7 Å². The summed E-state index contributed by atoms with van der Waals surface area (Å²) in [4.78, 5) is 11.7. The van der Waals surface area contributed by atoms with Crippen LogP contribution in [0.1, 0.15) is 19.3 Å². The van der Waals surface area contributed by atoms with Gasteiger partial charge in [-0.1, -0.05) is 22.0 Å². The van der Waals surface area contributed by atoms with Gasteiger partial charge in [-0.3, -0.25) is 4.79 Å². The van der Waals surface area contributed by atoms with E-state index in [9.17, 15) is 4.79 Å². The van der Waals surface area contributed by atoms with Crippen molar-refractivity contribution in [3.05, 3.63) is 28.7 Å². The highest BCUT2D eigenvalue weighted by Crippen LogP contribution is 2.16. The van der Waals surface area contributed by atoms with Crippen LogP contribution in [0.3, 0.4) is 0 Å². The maximum Gasteiger partial charge on any atom is 0.225 e. The molecule has 16 heavy (non-hydrogen) atoms. The van der Waals surface area contributed by atoms with Crippen LogP contribution in [0.4, 0.5) is 5.69 Å². The normalized spacial score (nSPS) is 19.7. The van der Waals surface area contributed by atoms with Gasteiger partial charge in [0.05, 0.1) is 0 Å². The molecule has 3 nitrogen and oxygen atoms in total. The lowest BCUT2D eigenvalue weighted by Crippen LogP contribution is -2.27. The first-order valence-electron chi connectivity index (χ1n) is 5.53. The predicted octanol–water partition coefficient (Wildman–Crippen LogP) is 2.53. The molecule has 1 fully saturated rings. The molecular weight excluding hydrogens is 268 g/mol. The van der Waals surface area contributed by atoms with Gasteiger partial charge in [0.1, 0.15) is 0 Å². The molecule has 0 saturated carbocycles. The van der Waals surface area contributed by atoms with E-state index in [1.54, 1.807) is 0 Å². The fraction of sp³-hybridized carbons (Fsp3) is 0.417. The largest absolute Gasteiger partial charge is 0.326 e. The molecule has 2 N–H and O–H groups in total. The summed E-state index contributed by atoms with van der Waals surface area (Å²) < 4.78 is 0.976. The van der Waals surface area contributed by atoms with Gasteiger partial charge in [-0.2, -0.15) is 0 Å². The van der Waals surface area contributed by atoms with Crippen molar-refractivity contribution in [2.45, 2.75) is 25.3 Å². The Hall–Kier alpha value is -0.870. The molecule has 1 aliphatic rings. The zero-order chi connectivity index (χ0) is 11.4. The van der Waals surface area contributed by atoms with E-state index in [4.69, 9.17) is 0 Å². The average Bonchev–Trinajstić information content (AvgIpc) is 2.70. The van der Waals surface area contributed by atoms with Gasteiger partial charge in [0, 0.05) is 22.6 Å². The molecule has 1 aromatic carbocycles. The number of amides is 1. The standard InChI is InChI=1S/C12H15BrN2O/c13-9-3-1-4-11(7-9)15-12(16)8-10-5-2-6-14-10/h1,3-4,7,10,14H,2,5-6,8H2,(H,15,16). The van der Waals surface area contributed by atoms with Gasteiger partial charge in [0.2, 0.25) is 5.91 Å². The Morgan fingerprint density at radius 2 is 2.44 bits per heavy atom. The number of carbonyl (C=O) groups is 1. The zero-order valence-corrected chi connectivity index (χ0v) is 10.6. The molecule has 0 aromatic heterocycles. The highest BCUT2D eigenvalue weighted by molar-refractivity contribution is 9.10. The summed E-state index contributed by atoms with van der Waals surface area (Å²) in [7, 11) is 0. The third-order valence-corrected chi connectivity index (χ3v) is 3.20. The lowest BCUT2D eigenvalue weighted by atomic mass is 10.1. The molecule has 86 valence electrons. The number of hydrogen-bond donors (Lipinski definition) is 2. The highest BCUT2D eigenvalue weighted by Gasteiger charge is 2.17. The Labute approximate surface area is 104 Å².